The van der Waals surface area contributed by atoms with Crippen molar-refractivity contribution in [3.63, 3.8) is 0 Å². The number of carbonyl (C=O) groups is 1. The largest absolute Gasteiger partial charge is 0.492 e. The fraction of sp³-hybridized carbons (Fsp3) is 0.696. The summed E-state index contributed by atoms with van der Waals surface area (Å²) in [5.74, 6) is 1.01. The molecule has 3 aliphatic rings. The Morgan fingerprint density at radius 1 is 1.07 bits per heavy atom. The minimum absolute atomic E-state index is 0.0600. The van der Waals surface area contributed by atoms with Gasteiger partial charge in [-0.1, -0.05) is 24.6 Å². The minimum Gasteiger partial charge on any atom is -0.492 e. The van der Waals surface area contributed by atoms with Gasteiger partial charge in [-0.3, -0.25) is 4.79 Å². The molecule has 3 heterocycles. The number of carbonyl (C=O) groups excluding carboxylic acids is 1. The van der Waals surface area contributed by atoms with Crippen LogP contribution in [0, 0.1) is 5.92 Å². The van der Waals surface area contributed by atoms with E-state index in [2.05, 4.69) is 21.2 Å². The maximum absolute atomic E-state index is 12.5. The molecule has 28 heavy (non-hydrogen) atoms. The Morgan fingerprint density at radius 2 is 1.86 bits per heavy atom. The first-order valence-electron chi connectivity index (χ1n) is 11.2. The summed E-state index contributed by atoms with van der Waals surface area (Å²) in [7, 11) is 0. The number of ether oxygens (including phenoxy) is 1. The van der Waals surface area contributed by atoms with Crippen molar-refractivity contribution in [3.05, 3.63) is 29.8 Å². The van der Waals surface area contributed by atoms with E-state index in [1.165, 1.54) is 58.3 Å². The molecule has 1 N–H and O–H groups in total. The van der Waals surface area contributed by atoms with Gasteiger partial charge in [-0.15, -0.1) is 0 Å². The Bertz CT molecular complexity index is 636. The highest BCUT2D eigenvalue weighted by Crippen LogP contribution is 2.26. The molecule has 2 saturated heterocycles. The summed E-state index contributed by atoms with van der Waals surface area (Å²) < 4.78 is 5.75. The van der Waals surface area contributed by atoms with Crippen molar-refractivity contribution in [1.82, 2.24) is 15.1 Å². The molecule has 1 amide bonds. The molecule has 0 spiro atoms. The number of para-hydroxylation sites is 1. The van der Waals surface area contributed by atoms with E-state index < -0.39 is 0 Å². The van der Waals surface area contributed by atoms with Crippen molar-refractivity contribution in [3.8, 4) is 5.75 Å². The number of benzene rings is 1. The second kappa shape index (κ2) is 9.75. The van der Waals surface area contributed by atoms with Crippen LogP contribution < -0.4 is 10.1 Å². The molecular formula is C23H35N3O2. The summed E-state index contributed by atoms with van der Waals surface area (Å²) in [5, 5.41) is 3.13. The normalized spacial score (nSPS) is 24.4. The van der Waals surface area contributed by atoms with Gasteiger partial charge < -0.3 is 19.9 Å². The van der Waals surface area contributed by atoms with Crippen LogP contribution in [0.25, 0.3) is 0 Å². The summed E-state index contributed by atoms with van der Waals surface area (Å²) in [6, 6.07) is 8.84. The number of amides is 1. The molecule has 5 nitrogen and oxygen atoms in total. The summed E-state index contributed by atoms with van der Waals surface area (Å²) in [6.45, 7) is 7.40. The van der Waals surface area contributed by atoms with Crippen molar-refractivity contribution < 1.29 is 9.53 Å². The van der Waals surface area contributed by atoms with Crippen LogP contribution in [0.2, 0.25) is 0 Å². The van der Waals surface area contributed by atoms with Crippen LogP contribution in [-0.4, -0.2) is 67.6 Å². The first-order chi connectivity index (χ1) is 13.8. The molecule has 4 rings (SSSR count). The molecule has 0 aliphatic carbocycles. The fourth-order valence-corrected chi connectivity index (χ4v) is 4.95. The van der Waals surface area contributed by atoms with Crippen LogP contribution in [0.1, 0.15) is 44.1 Å². The van der Waals surface area contributed by atoms with Crippen LogP contribution in [0.3, 0.4) is 0 Å². The third kappa shape index (κ3) is 5.06. The molecule has 0 saturated carbocycles. The van der Waals surface area contributed by atoms with E-state index in [0.29, 0.717) is 6.61 Å². The van der Waals surface area contributed by atoms with Gasteiger partial charge in [0.15, 0.2) is 0 Å². The van der Waals surface area contributed by atoms with E-state index in [1.807, 2.05) is 18.2 Å². The van der Waals surface area contributed by atoms with E-state index >= 15 is 0 Å². The lowest BCUT2D eigenvalue weighted by molar-refractivity contribution is -0.126. The number of likely N-dealkylation sites (tertiary alicyclic amines) is 2. The highest BCUT2D eigenvalue weighted by Gasteiger charge is 2.26. The average molecular weight is 386 g/mol. The zero-order valence-corrected chi connectivity index (χ0v) is 17.1. The first kappa shape index (κ1) is 19.7. The van der Waals surface area contributed by atoms with Gasteiger partial charge in [-0.25, -0.2) is 0 Å². The topological polar surface area (TPSA) is 44.8 Å². The first-order valence-corrected chi connectivity index (χ1v) is 11.2. The molecular weight excluding hydrogens is 350 g/mol. The lowest BCUT2D eigenvalue weighted by Gasteiger charge is -2.40. The molecule has 1 unspecified atom stereocenters. The van der Waals surface area contributed by atoms with Crippen LogP contribution in [0.4, 0.5) is 0 Å². The van der Waals surface area contributed by atoms with Gasteiger partial charge in [0.1, 0.15) is 12.4 Å². The minimum atomic E-state index is -0.0600. The van der Waals surface area contributed by atoms with Crippen LogP contribution >= 0.6 is 0 Å². The number of hydrogen-bond acceptors (Lipinski definition) is 4. The molecule has 0 radical (unpaired) electrons. The number of fused-ring (bicyclic) bond motifs is 1. The van der Waals surface area contributed by atoms with Crippen molar-refractivity contribution >= 4 is 5.91 Å². The molecule has 154 valence electrons. The van der Waals surface area contributed by atoms with E-state index in [0.717, 1.165) is 43.3 Å². The van der Waals surface area contributed by atoms with Crippen LogP contribution in [0.5, 0.6) is 5.75 Å². The molecule has 3 aliphatic heterocycles. The Labute approximate surface area is 169 Å². The Balaban J connectivity index is 1.11. The highest BCUT2D eigenvalue weighted by molar-refractivity contribution is 5.79. The highest BCUT2D eigenvalue weighted by atomic mass is 16.5. The third-order valence-electron chi connectivity index (χ3n) is 6.66. The summed E-state index contributed by atoms with van der Waals surface area (Å²) >= 11 is 0. The number of piperidine rings is 2. The van der Waals surface area contributed by atoms with Gasteiger partial charge in [0.05, 0.1) is 5.92 Å². The smallest absolute Gasteiger partial charge is 0.226 e. The maximum atomic E-state index is 12.5. The monoisotopic (exact) mass is 385 g/mol. The third-order valence-corrected chi connectivity index (χ3v) is 6.66. The van der Waals surface area contributed by atoms with Crippen LogP contribution in [-0.2, 0) is 11.2 Å². The van der Waals surface area contributed by atoms with E-state index in [-0.39, 0.29) is 11.8 Å². The van der Waals surface area contributed by atoms with Crippen molar-refractivity contribution in [1.29, 1.82) is 0 Å². The molecule has 0 bridgehead atoms. The lowest BCUT2D eigenvalue weighted by Crippen LogP contribution is -2.47. The summed E-state index contributed by atoms with van der Waals surface area (Å²) in [5.41, 5.74) is 1.14. The van der Waals surface area contributed by atoms with E-state index in [4.69, 9.17) is 4.74 Å². The second-order valence-electron chi connectivity index (χ2n) is 8.63. The lowest BCUT2D eigenvalue weighted by atomic mass is 9.96. The average Bonchev–Trinajstić information content (AvgIpc) is 2.77. The molecule has 2 fully saturated rings. The van der Waals surface area contributed by atoms with Gasteiger partial charge in [-0.05, 0) is 82.9 Å². The molecule has 1 aromatic rings. The Morgan fingerprint density at radius 3 is 2.68 bits per heavy atom. The zero-order valence-electron chi connectivity index (χ0n) is 17.1. The van der Waals surface area contributed by atoms with E-state index in [9.17, 15) is 4.79 Å². The van der Waals surface area contributed by atoms with Gasteiger partial charge in [0.25, 0.3) is 0 Å². The van der Waals surface area contributed by atoms with E-state index in [1.54, 1.807) is 0 Å². The van der Waals surface area contributed by atoms with Crippen molar-refractivity contribution in [2.24, 2.45) is 5.92 Å². The molecule has 1 atom stereocenters. The van der Waals surface area contributed by atoms with Crippen LogP contribution in [0.15, 0.2) is 24.3 Å². The Kier molecular flexibility index (Phi) is 6.86. The number of rotatable bonds is 6. The number of hydrogen-bond donors (Lipinski definition) is 1. The maximum Gasteiger partial charge on any atom is 0.226 e. The molecule has 1 aromatic carbocycles. The Hall–Kier alpha value is -1.59. The quantitative estimate of drug-likeness (QED) is 0.765. The number of nitrogens with zero attached hydrogens (tertiary/aromatic N) is 2. The van der Waals surface area contributed by atoms with Gasteiger partial charge in [0, 0.05) is 12.6 Å². The number of nitrogens with one attached hydrogen (secondary N) is 1. The summed E-state index contributed by atoms with van der Waals surface area (Å²) in [4.78, 5) is 17.8. The molecule has 0 aromatic heterocycles. The zero-order chi connectivity index (χ0) is 19.2. The van der Waals surface area contributed by atoms with Gasteiger partial charge >= 0.3 is 0 Å². The summed E-state index contributed by atoms with van der Waals surface area (Å²) in [6.07, 6.45) is 8.63. The van der Waals surface area contributed by atoms with Gasteiger partial charge in [-0.2, -0.15) is 0 Å². The second-order valence-corrected chi connectivity index (χ2v) is 8.63. The standard InChI is InChI=1S/C23H35N3O2/c27-23(20-17-19-7-2-3-8-22(19)28-18-20)24-11-6-12-25-15-9-21(10-16-25)26-13-4-1-5-14-26/h2-3,7-8,20-21H,1,4-6,9-18H2,(H,24,27). The predicted octanol–water partition coefficient (Wildman–Crippen LogP) is 2.69. The fourth-order valence-electron chi connectivity index (χ4n) is 4.95. The SMILES string of the molecule is O=C(NCCCN1CCC(N2CCCCC2)CC1)C1COc2ccccc2C1. The van der Waals surface area contributed by atoms with Gasteiger partial charge in [0.2, 0.25) is 5.91 Å². The molecule has 5 heteroatoms. The van der Waals surface area contributed by atoms with Crippen molar-refractivity contribution in [2.45, 2.75) is 51.0 Å². The predicted molar refractivity (Wildman–Crippen MR) is 112 cm³/mol. The van der Waals surface area contributed by atoms with Crippen molar-refractivity contribution in [2.75, 3.05) is 45.9 Å².